The van der Waals surface area contributed by atoms with Crippen LogP contribution in [0.3, 0.4) is 0 Å². The first-order chi connectivity index (χ1) is 8.95. The van der Waals surface area contributed by atoms with Crippen LogP contribution >= 0.6 is 11.3 Å². The summed E-state index contributed by atoms with van der Waals surface area (Å²) in [5.74, 6) is -0.843. The lowest BCUT2D eigenvalue weighted by Gasteiger charge is -2.29. The smallest absolute Gasteiger partial charge is 0.332 e. The van der Waals surface area contributed by atoms with Gasteiger partial charge in [0.25, 0.3) is 0 Å². The van der Waals surface area contributed by atoms with Crippen molar-refractivity contribution in [2.45, 2.75) is 25.2 Å². The SMILES string of the molecule is NC1CC(C(F)(F)F)Cn2cc(-c3cccs3)nc21. The molecule has 0 radical (unpaired) electrons. The molecule has 0 fully saturated rings. The number of alkyl halides is 3. The molecule has 7 heteroatoms. The summed E-state index contributed by atoms with van der Waals surface area (Å²) in [6.45, 7) is -0.0924. The lowest BCUT2D eigenvalue weighted by atomic mass is 9.95. The molecule has 3 rings (SSSR count). The molecule has 2 atom stereocenters. The lowest BCUT2D eigenvalue weighted by Crippen LogP contribution is -2.36. The van der Waals surface area contributed by atoms with E-state index in [1.165, 1.54) is 11.3 Å². The van der Waals surface area contributed by atoms with Gasteiger partial charge in [0.1, 0.15) is 5.82 Å². The molecule has 0 bridgehead atoms. The molecular weight excluding hydrogens is 275 g/mol. The monoisotopic (exact) mass is 287 g/mol. The molecule has 2 unspecified atom stereocenters. The summed E-state index contributed by atoms with van der Waals surface area (Å²) in [5, 5.41) is 1.91. The Kier molecular flexibility index (Phi) is 2.90. The number of aromatic nitrogens is 2. The number of imidazole rings is 1. The predicted molar refractivity (Wildman–Crippen MR) is 66.6 cm³/mol. The van der Waals surface area contributed by atoms with Gasteiger partial charge in [-0.05, 0) is 17.9 Å². The molecule has 1 aliphatic heterocycles. The topological polar surface area (TPSA) is 43.8 Å². The first-order valence-corrected chi connectivity index (χ1v) is 6.76. The van der Waals surface area contributed by atoms with Gasteiger partial charge in [0, 0.05) is 12.7 Å². The predicted octanol–water partition coefficient (Wildman–Crippen LogP) is 3.19. The summed E-state index contributed by atoms with van der Waals surface area (Å²) >= 11 is 1.51. The van der Waals surface area contributed by atoms with Gasteiger partial charge in [0.15, 0.2) is 0 Å². The van der Waals surface area contributed by atoms with Gasteiger partial charge in [-0.3, -0.25) is 0 Å². The van der Waals surface area contributed by atoms with E-state index in [2.05, 4.69) is 4.98 Å². The highest BCUT2D eigenvalue weighted by Gasteiger charge is 2.44. The van der Waals surface area contributed by atoms with Gasteiger partial charge in [-0.2, -0.15) is 13.2 Å². The van der Waals surface area contributed by atoms with Crippen molar-refractivity contribution < 1.29 is 13.2 Å². The zero-order chi connectivity index (χ0) is 13.6. The standard InChI is InChI=1S/C12H12F3N3S/c13-12(14,15)7-4-8(16)11-17-9(6-18(11)5-7)10-2-1-3-19-10/h1-3,6-8H,4-5,16H2. The van der Waals surface area contributed by atoms with Crippen molar-refractivity contribution in [3.63, 3.8) is 0 Å². The van der Waals surface area contributed by atoms with Crippen LogP contribution < -0.4 is 5.73 Å². The van der Waals surface area contributed by atoms with Crippen molar-refractivity contribution in [1.29, 1.82) is 0 Å². The second kappa shape index (κ2) is 4.35. The van der Waals surface area contributed by atoms with Crippen LogP contribution in [0.2, 0.25) is 0 Å². The molecule has 0 saturated heterocycles. The van der Waals surface area contributed by atoms with Gasteiger partial charge in [0.2, 0.25) is 0 Å². The van der Waals surface area contributed by atoms with Crippen molar-refractivity contribution in [2.75, 3.05) is 0 Å². The molecule has 0 aliphatic carbocycles. The summed E-state index contributed by atoms with van der Waals surface area (Å²) in [6.07, 6.45) is -2.63. The summed E-state index contributed by atoms with van der Waals surface area (Å²) in [4.78, 5) is 5.31. The average molecular weight is 287 g/mol. The van der Waals surface area contributed by atoms with Crippen molar-refractivity contribution in [1.82, 2.24) is 9.55 Å². The summed E-state index contributed by atoms with van der Waals surface area (Å²) in [7, 11) is 0. The third kappa shape index (κ3) is 2.28. The fourth-order valence-electron chi connectivity index (χ4n) is 2.38. The van der Waals surface area contributed by atoms with Crippen LogP contribution in [0.5, 0.6) is 0 Å². The number of fused-ring (bicyclic) bond motifs is 1. The zero-order valence-electron chi connectivity index (χ0n) is 9.89. The Morgan fingerprint density at radius 2 is 2.21 bits per heavy atom. The maximum absolute atomic E-state index is 12.8. The van der Waals surface area contributed by atoms with E-state index in [9.17, 15) is 13.2 Å². The van der Waals surface area contributed by atoms with Gasteiger partial charge < -0.3 is 10.3 Å². The number of hydrogen-bond acceptors (Lipinski definition) is 3. The molecule has 2 aromatic rings. The minimum absolute atomic E-state index is 0.0924. The van der Waals surface area contributed by atoms with Crippen LogP contribution in [0.15, 0.2) is 23.7 Å². The summed E-state index contributed by atoms with van der Waals surface area (Å²) in [6, 6.07) is 3.12. The maximum Gasteiger partial charge on any atom is 0.393 e. The fraction of sp³-hybridized carbons (Fsp3) is 0.417. The van der Waals surface area contributed by atoms with E-state index in [-0.39, 0.29) is 13.0 Å². The molecular formula is C12H12F3N3S. The highest BCUT2D eigenvalue weighted by Crippen LogP contribution is 2.38. The highest BCUT2D eigenvalue weighted by molar-refractivity contribution is 7.13. The molecule has 3 nitrogen and oxygen atoms in total. The number of nitrogens with zero attached hydrogens (tertiary/aromatic N) is 2. The van der Waals surface area contributed by atoms with Gasteiger partial charge in [0.05, 0.1) is 22.5 Å². The minimum Gasteiger partial charge on any atom is -0.332 e. The first kappa shape index (κ1) is 12.7. The summed E-state index contributed by atoms with van der Waals surface area (Å²) in [5.41, 5.74) is 6.52. The molecule has 0 aromatic carbocycles. The van der Waals surface area contributed by atoms with Crippen LogP contribution in [0, 0.1) is 5.92 Å². The average Bonchev–Trinajstić information content (AvgIpc) is 2.95. The number of rotatable bonds is 1. The molecule has 2 N–H and O–H groups in total. The number of hydrogen-bond donors (Lipinski definition) is 1. The number of halogens is 3. The zero-order valence-corrected chi connectivity index (χ0v) is 10.7. The normalized spacial score (nSPS) is 23.4. The third-order valence-corrected chi connectivity index (χ3v) is 4.22. The molecule has 3 heterocycles. The Morgan fingerprint density at radius 3 is 2.84 bits per heavy atom. The largest absolute Gasteiger partial charge is 0.393 e. The Hall–Kier alpha value is -1.34. The van der Waals surface area contributed by atoms with Crippen LogP contribution in [-0.4, -0.2) is 15.7 Å². The lowest BCUT2D eigenvalue weighted by molar-refractivity contribution is -0.184. The van der Waals surface area contributed by atoms with Gasteiger partial charge in [-0.1, -0.05) is 6.07 Å². The maximum atomic E-state index is 12.8. The van der Waals surface area contributed by atoms with Gasteiger partial charge in [-0.15, -0.1) is 11.3 Å². The van der Waals surface area contributed by atoms with E-state index in [1.807, 2.05) is 17.5 Å². The van der Waals surface area contributed by atoms with E-state index in [4.69, 9.17) is 5.73 Å². The quantitative estimate of drug-likeness (QED) is 0.875. The second-order valence-electron chi connectivity index (χ2n) is 4.69. The number of thiophene rings is 1. The van der Waals surface area contributed by atoms with E-state index in [0.29, 0.717) is 11.5 Å². The van der Waals surface area contributed by atoms with Crippen LogP contribution in [0.25, 0.3) is 10.6 Å². The van der Waals surface area contributed by atoms with Crippen LogP contribution in [-0.2, 0) is 6.54 Å². The van der Waals surface area contributed by atoms with Crippen molar-refractivity contribution in [3.05, 3.63) is 29.5 Å². The minimum atomic E-state index is -4.21. The van der Waals surface area contributed by atoms with Gasteiger partial charge in [-0.25, -0.2) is 4.98 Å². The van der Waals surface area contributed by atoms with Gasteiger partial charge >= 0.3 is 6.18 Å². The Bertz CT molecular complexity index is 574. The highest BCUT2D eigenvalue weighted by atomic mass is 32.1. The molecule has 102 valence electrons. The van der Waals surface area contributed by atoms with E-state index in [0.717, 1.165) is 4.88 Å². The van der Waals surface area contributed by atoms with Crippen molar-refractivity contribution >= 4 is 11.3 Å². The summed E-state index contributed by atoms with van der Waals surface area (Å²) < 4.78 is 39.9. The molecule has 2 aromatic heterocycles. The Morgan fingerprint density at radius 1 is 1.42 bits per heavy atom. The molecule has 1 aliphatic rings. The van der Waals surface area contributed by atoms with E-state index >= 15 is 0 Å². The van der Waals surface area contributed by atoms with E-state index < -0.39 is 18.1 Å². The van der Waals surface area contributed by atoms with Crippen LogP contribution in [0.4, 0.5) is 13.2 Å². The Balaban J connectivity index is 1.95. The van der Waals surface area contributed by atoms with Crippen molar-refractivity contribution in [2.24, 2.45) is 11.7 Å². The number of nitrogens with two attached hydrogens (primary N) is 1. The fourth-order valence-corrected chi connectivity index (χ4v) is 3.06. The second-order valence-corrected chi connectivity index (χ2v) is 5.64. The van der Waals surface area contributed by atoms with Crippen LogP contribution in [0.1, 0.15) is 18.3 Å². The molecule has 0 spiro atoms. The Labute approximate surface area is 111 Å². The molecule has 0 amide bonds. The third-order valence-electron chi connectivity index (χ3n) is 3.33. The molecule has 0 saturated carbocycles. The first-order valence-electron chi connectivity index (χ1n) is 5.88. The van der Waals surface area contributed by atoms with Crippen molar-refractivity contribution in [3.8, 4) is 10.6 Å². The molecule has 19 heavy (non-hydrogen) atoms. The van der Waals surface area contributed by atoms with E-state index in [1.54, 1.807) is 10.8 Å².